The molecule has 2 N–H and O–H groups in total. The maximum Gasteiger partial charge on any atom is 0.411 e. The third-order valence-electron chi connectivity index (χ3n) is 7.20. The Morgan fingerprint density at radius 2 is 1.70 bits per heavy atom. The second-order valence-electron chi connectivity index (χ2n) is 11.0. The van der Waals surface area contributed by atoms with E-state index in [1.54, 1.807) is 24.3 Å². The van der Waals surface area contributed by atoms with Crippen molar-refractivity contribution in [2.75, 3.05) is 19.0 Å². The van der Waals surface area contributed by atoms with Crippen LogP contribution in [-0.2, 0) is 37.2 Å². The van der Waals surface area contributed by atoms with Crippen LogP contribution in [0.1, 0.15) is 55.3 Å². The third-order valence-corrected chi connectivity index (χ3v) is 11.0. The molecule has 14 heteroatoms. The van der Waals surface area contributed by atoms with E-state index in [-0.39, 0.29) is 34.5 Å². The first kappa shape index (κ1) is 36.5. The van der Waals surface area contributed by atoms with Crippen LogP contribution >= 0.6 is 38.5 Å². The lowest BCUT2D eigenvalue weighted by Crippen LogP contribution is -2.33. The third kappa shape index (κ3) is 11.1. The first-order valence-electron chi connectivity index (χ1n) is 15.0. The predicted octanol–water partition coefficient (Wildman–Crippen LogP) is 7.73. The number of hydrogen-bond acceptors (Lipinski definition) is 8. The number of carbonyl (C=O) groups is 3. The fourth-order valence-corrected chi connectivity index (χ4v) is 7.52. The average molecular weight is 843 g/mol. The molecule has 0 heterocycles. The van der Waals surface area contributed by atoms with E-state index in [9.17, 15) is 22.8 Å². The Hall–Kier alpha value is -3.37. The van der Waals surface area contributed by atoms with E-state index in [0.717, 1.165) is 16.5 Å². The number of nitrogens with one attached hydrogen (secondary N) is 2. The van der Waals surface area contributed by atoms with Crippen LogP contribution in [0.15, 0.2) is 82.2 Å². The van der Waals surface area contributed by atoms with E-state index in [4.69, 9.17) is 14.2 Å². The maximum absolute atomic E-state index is 13.2. The topological polar surface area (TPSA) is 140 Å². The zero-order valence-electron chi connectivity index (χ0n) is 26.0. The van der Waals surface area contributed by atoms with Gasteiger partial charge in [-0.25, -0.2) is 22.8 Å². The molecule has 1 aliphatic rings. The summed E-state index contributed by atoms with van der Waals surface area (Å²) in [6, 6.07) is 20.1. The lowest BCUT2D eigenvalue weighted by molar-refractivity contribution is 0.101. The SMILES string of the molecule is CCCC(I)OC(=O)N(C)Cc1cc(NC(=O)OC[C@H](NC(=O)OCc2ccccc2)c2ccc(Br)cc2)ccc1S(=O)(=O)C1CC1. The van der Waals surface area contributed by atoms with E-state index in [1.165, 1.54) is 30.1 Å². The standard InChI is InChI=1S/C33H37BrIN3O8S/c1-3-7-30(35)46-33(41)38(2)19-24-18-26(14-17-29(24)47(42,43)27-15-16-27)36-31(39)45-21-28(23-10-12-25(34)13-11-23)37-32(40)44-20-22-8-5-4-6-9-22/h4-6,8-14,17-18,27-28,30H,3,7,15-16,19-21H2,1-2H3,(H,36,39)(H,37,40)/t28-,30?/m0/s1. The van der Waals surface area contributed by atoms with Gasteiger partial charge in [-0.1, -0.05) is 71.7 Å². The highest BCUT2D eigenvalue weighted by atomic mass is 127. The number of alkyl halides is 1. The number of halogens is 2. The molecule has 2 atom stereocenters. The molecule has 0 aromatic heterocycles. The van der Waals surface area contributed by atoms with Gasteiger partial charge in [0.15, 0.2) is 13.9 Å². The average Bonchev–Trinajstić information content (AvgIpc) is 3.90. The molecular weight excluding hydrogens is 805 g/mol. The molecule has 3 aromatic carbocycles. The van der Waals surface area contributed by atoms with Crippen molar-refractivity contribution in [3.63, 3.8) is 0 Å². The number of anilines is 1. The van der Waals surface area contributed by atoms with Crippen LogP contribution in [0.25, 0.3) is 0 Å². The highest BCUT2D eigenvalue weighted by Crippen LogP contribution is 2.36. The molecule has 47 heavy (non-hydrogen) atoms. The Balaban J connectivity index is 1.44. The number of alkyl carbamates (subject to hydrolysis) is 1. The Bertz CT molecular complexity index is 1640. The summed E-state index contributed by atoms with van der Waals surface area (Å²) < 4.78 is 43.3. The van der Waals surface area contributed by atoms with Crippen molar-refractivity contribution in [2.24, 2.45) is 0 Å². The summed E-state index contributed by atoms with van der Waals surface area (Å²) in [7, 11) is -2.09. The van der Waals surface area contributed by atoms with Crippen LogP contribution in [0, 0.1) is 0 Å². The van der Waals surface area contributed by atoms with Crippen molar-refractivity contribution < 1.29 is 37.0 Å². The molecule has 4 rings (SSSR count). The minimum atomic E-state index is -3.61. The Labute approximate surface area is 296 Å². The lowest BCUT2D eigenvalue weighted by atomic mass is 10.1. The minimum Gasteiger partial charge on any atom is -0.447 e. The molecule has 252 valence electrons. The van der Waals surface area contributed by atoms with Crippen molar-refractivity contribution >= 4 is 72.3 Å². The highest BCUT2D eigenvalue weighted by Gasteiger charge is 2.38. The van der Waals surface area contributed by atoms with E-state index in [1.807, 2.05) is 59.8 Å². The van der Waals surface area contributed by atoms with E-state index < -0.39 is 39.4 Å². The summed E-state index contributed by atoms with van der Waals surface area (Å²) in [6.45, 7) is 1.78. The summed E-state index contributed by atoms with van der Waals surface area (Å²) in [5.41, 5.74) is 2.11. The Kier molecular flexibility index (Phi) is 13.3. The summed E-state index contributed by atoms with van der Waals surface area (Å²) >= 11 is 5.44. The molecule has 0 saturated heterocycles. The lowest BCUT2D eigenvalue weighted by Gasteiger charge is -2.22. The number of sulfone groups is 1. The van der Waals surface area contributed by atoms with E-state index in [0.29, 0.717) is 30.4 Å². The van der Waals surface area contributed by atoms with Crippen molar-refractivity contribution in [1.29, 1.82) is 0 Å². The Morgan fingerprint density at radius 1 is 1.00 bits per heavy atom. The summed E-state index contributed by atoms with van der Waals surface area (Å²) in [4.78, 5) is 39.7. The monoisotopic (exact) mass is 841 g/mol. The Morgan fingerprint density at radius 3 is 2.36 bits per heavy atom. The number of amides is 3. The molecule has 1 fully saturated rings. The molecule has 1 saturated carbocycles. The normalized spacial score (nSPS) is 14.0. The molecule has 3 amide bonds. The van der Waals surface area contributed by atoms with Crippen LogP contribution in [0.3, 0.4) is 0 Å². The van der Waals surface area contributed by atoms with Gasteiger partial charge in [-0.3, -0.25) is 5.32 Å². The summed E-state index contributed by atoms with van der Waals surface area (Å²) in [5.74, 6) is 0. The van der Waals surface area contributed by atoms with E-state index >= 15 is 0 Å². The molecule has 3 aromatic rings. The molecule has 0 bridgehead atoms. The number of rotatable bonds is 14. The van der Waals surface area contributed by atoms with Crippen LogP contribution < -0.4 is 10.6 Å². The second-order valence-corrected chi connectivity index (χ2v) is 15.5. The molecule has 0 radical (unpaired) electrons. The van der Waals surface area contributed by atoms with Crippen molar-refractivity contribution in [1.82, 2.24) is 10.2 Å². The molecule has 1 unspecified atom stereocenters. The number of hydrogen-bond donors (Lipinski definition) is 2. The highest BCUT2D eigenvalue weighted by molar-refractivity contribution is 14.1. The van der Waals surface area contributed by atoms with Gasteiger partial charge in [0, 0.05) is 17.2 Å². The second kappa shape index (κ2) is 17.2. The van der Waals surface area contributed by atoms with Gasteiger partial charge in [0.05, 0.1) is 22.7 Å². The van der Waals surface area contributed by atoms with Gasteiger partial charge in [-0.05, 0) is 88.9 Å². The van der Waals surface area contributed by atoms with Gasteiger partial charge in [0.1, 0.15) is 13.2 Å². The van der Waals surface area contributed by atoms with Crippen LogP contribution in [-0.4, -0.2) is 54.6 Å². The predicted molar refractivity (Wildman–Crippen MR) is 189 cm³/mol. The van der Waals surface area contributed by atoms with Gasteiger partial charge in [-0.2, -0.15) is 0 Å². The van der Waals surface area contributed by atoms with Gasteiger partial charge < -0.3 is 24.4 Å². The maximum atomic E-state index is 13.2. The van der Waals surface area contributed by atoms with Crippen molar-refractivity contribution in [3.8, 4) is 0 Å². The number of carbonyl (C=O) groups excluding carboxylic acids is 3. The quantitative estimate of drug-likeness (QED) is 0.0956. The molecule has 0 spiro atoms. The van der Waals surface area contributed by atoms with E-state index in [2.05, 4.69) is 26.6 Å². The van der Waals surface area contributed by atoms with Crippen molar-refractivity contribution in [2.45, 2.75) is 66.1 Å². The first-order chi connectivity index (χ1) is 22.5. The first-order valence-corrected chi connectivity index (χ1v) is 18.6. The number of ether oxygens (including phenoxy) is 3. The summed E-state index contributed by atoms with van der Waals surface area (Å²) in [6.07, 6.45) is 0.593. The minimum absolute atomic E-state index is 0.0547. The smallest absolute Gasteiger partial charge is 0.411 e. The van der Waals surface area contributed by atoms with Crippen molar-refractivity contribution in [3.05, 3.63) is 94.0 Å². The zero-order chi connectivity index (χ0) is 34.0. The largest absolute Gasteiger partial charge is 0.447 e. The number of nitrogens with zero attached hydrogens (tertiary/aromatic N) is 1. The van der Waals surface area contributed by atoms with Crippen LogP contribution in [0.2, 0.25) is 0 Å². The van der Waals surface area contributed by atoms with Crippen LogP contribution in [0.4, 0.5) is 20.1 Å². The van der Waals surface area contributed by atoms with Gasteiger partial charge in [0.25, 0.3) is 0 Å². The molecule has 11 nitrogen and oxygen atoms in total. The molecule has 0 aliphatic heterocycles. The fraction of sp³-hybridized carbons (Fsp3) is 0.364. The fourth-order valence-electron chi connectivity index (χ4n) is 4.56. The summed E-state index contributed by atoms with van der Waals surface area (Å²) in [5, 5.41) is 4.91. The number of benzene rings is 3. The zero-order valence-corrected chi connectivity index (χ0v) is 30.5. The molecular formula is C33H37BrIN3O8S. The van der Waals surface area contributed by atoms with Crippen LogP contribution in [0.5, 0.6) is 0 Å². The van der Waals surface area contributed by atoms with Gasteiger partial charge in [0.2, 0.25) is 0 Å². The van der Waals surface area contributed by atoms with Gasteiger partial charge in [-0.15, -0.1) is 0 Å². The van der Waals surface area contributed by atoms with Gasteiger partial charge >= 0.3 is 18.3 Å². The molecule has 1 aliphatic carbocycles.